The standard InChI is InChI=1S/C35H26N4O15S4/c40-33(38-31-25-7-3-1-5-23(25)27(55(43,44)45)17-29(31)57(49,50)51)19-9-13-21(14-10-19)36-35(42)37-22-15-11-20(12-16-22)34(41)39-32-26-8-4-2-6-24(26)28(56(46,47)48)18-30(32)58(52,53)54/h1-18,27-28H,(H2,36,37,42)(H,43,44,45)(H,46,47,48)(H,49,50,51)(H,52,53,54). The molecule has 23 heteroatoms. The fourth-order valence-corrected chi connectivity index (χ4v) is 9.21. The normalized spacial score (nSPS) is 18.3. The zero-order valence-electron chi connectivity index (χ0n) is 28.9. The van der Waals surface area contributed by atoms with Gasteiger partial charge in [-0.05, 0) is 71.8 Å². The number of hydrogen-bond donors (Lipinski definition) is 6. The highest BCUT2D eigenvalue weighted by atomic mass is 32.2. The van der Waals surface area contributed by atoms with Crippen LogP contribution in [-0.2, 0) is 40.5 Å². The van der Waals surface area contributed by atoms with Gasteiger partial charge in [0.25, 0.3) is 52.3 Å². The maximum atomic E-state index is 13.1. The van der Waals surface area contributed by atoms with Crippen LogP contribution in [0, 0.1) is 0 Å². The third kappa shape index (κ3) is 8.90. The molecule has 4 aromatic carbocycles. The van der Waals surface area contributed by atoms with E-state index in [1.807, 2.05) is 0 Å². The maximum absolute atomic E-state index is 13.1. The number of benzene rings is 4. The molecule has 0 spiro atoms. The first kappa shape index (κ1) is 41.6. The van der Waals surface area contributed by atoms with Crippen molar-refractivity contribution in [1.82, 2.24) is 0 Å². The molecule has 0 fully saturated rings. The van der Waals surface area contributed by atoms with E-state index in [1.54, 1.807) is 0 Å². The summed E-state index contributed by atoms with van der Waals surface area (Å²) in [7, 11) is -20.1. The third-order valence-electron chi connectivity index (χ3n) is 8.52. The zero-order valence-corrected chi connectivity index (χ0v) is 32.1. The van der Waals surface area contributed by atoms with Gasteiger partial charge in [0.05, 0.1) is 11.4 Å². The van der Waals surface area contributed by atoms with Gasteiger partial charge in [-0.1, -0.05) is 48.5 Å². The molecule has 58 heavy (non-hydrogen) atoms. The quantitative estimate of drug-likeness (QED) is 0.136. The van der Waals surface area contributed by atoms with Gasteiger partial charge >= 0.3 is 6.03 Å². The largest absolute Gasteiger partial charge is 0.323 e. The SMILES string of the molecule is O=C(Nc1ccc(C(=O)N=C2C(S(=O)(=O)O)=CC(S(=O)(=O)O)c3ccccc32)cc1)Nc1ccc(C(=O)N=C2C(S(=O)(=O)O)=CC(S(=O)(=O)O)c3ccccc32)cc1. The first-order valence-electron chi connectivity index (χ1n) is 16.1. The van der Waals surface area contributed by atoms with E-state index in [-0.39, 0.29) is 44.8 Å². The average Bonchev–Trinajstić information content (AvgIpc) is 3.13. The minimum Gasteiger partial charge on any atom is -0.308 e. The molecule has 0 heterocycles. The van der Waals surface area contributed by atoms with Gasteiger partial charge in [-0.25, -0.2) is 14.8 Å². The molecule has 6 rings (SSSR count). The van der Waals surface area contributed by atoms with Crippen molar-refractivity contribution in [3.63, 3.8) is 0 Å². The molecule has 300 valence electrons. The summed E-state index contributed by atoms with van der Waals surface area (Å²) >= 11 is 0. The van der Waals surface area contributed by atoms with E-state index in [4.69, 9.17) is 0 Å². The average molecular weight is 871 g/mol. The van der Waals surface area contributed by atoms with Gasteiger partial charge in [-0.2, -0.15) is 33.7 Å². The van der Waals surface area contributed by atoms with Crippen molar-refractivity contribution in [2.75, 3.05) is 10.6 Å². The van der Waals surface area contributed by atoms with Crippen molar-refractivity contribution in [1.29, 1.82) is 0 Å². The topological polar surface area (TPSA) is 317 Å². The Morgan fingerprint density at radius 2 is 0.810 bits per heavy atom. The maximum Gasteiger partial charge on any atom is 0.323 e. The molecule has 0 aliphatic heterocycles. The molecule has 0 radical (unpaired) electrons. The number of nitrogens with zero attached hydrogens (tertiary/aromatic N) is 2. The van der Waals surface area contributed by atoms with Crippen molar-refractivity contribution >= 4 is 81.1 Å². The number of amides is 4. The van der Waals surface area contributed by atoms with Gasteiger partial charge in [0.2, 0.25) is 0 Å². The monoisotopic (exact) mass is 870 g/mol. The minimum absolute atomic E-state index is 0.0965. The van der Waals surface area contributed by atoms with Gasteiger partial charge in [0.15, 0.2) is 0 Å². The lowest BCUT2D eigenvalue weighted by Gasteiger charge is -2.22. The number of carbonyl (C=O) groups is 3. The van der Waals surface area contributed by atoms with Crippen LogP contribution >= 0.6 is 0 Å². The van der Waals surface area contributed by atoms with Gasteiger partial charge in [-0.15, -0.1) is 0 Å². The Hall–Kier alpha value is -6.05. The fourth-order valence-electron chi connectivity index (χ4n) is 5.96. The van der Waals surface area contributed by atoms with E-state index in [0.717, 1.165) is 0 Å². The summed E-state index contributed by atoms with van der Waals surface area (Å²) in [6.07, 6.45) is 1.12. The van der Waals surface area contributed by atoms with Crippen LogP contribution in [0.1, 0.15) is 53.5 Å². The zero-order chi connectivity index (χ0) is 42.4. The Bertz CT molecular complexity index is 2790. The molecule has 0 saturated carbocycles. The van der Waals surface area contributed by atoms with Gasteiger partial charge in [-0.3, -0.25) is 27.8 Å². The Kier molecular flexibility index (Phi) is 11.0. The second-order valence-electron chi connectivity index (χ2n) is 12.3. The number of anilines is 2. The number of allylic oxidation sites excluding steroid dienone is 2. The van der Waals surface area contributed by atoms with Crippen LogP contribution < -0.4 is 10.6 Å². The van der Waals surface area contributed by atoms with Gasteiger partial charge in [0, 0.05) is 33.6 Å². The highest BCUT2D eigenvalue weighted by Crippen LogP contribution is 2.37. The lowest BCUT2D eigenvalue weighted by molar-refractivity contribution is 0.0994. The number of carbonyl (C=O) groups excluding carboxylic acids is 3. The molecule has 19 nitrogen and oxygen atoms in total. The summed E-state index contributed by atoms with van der Waals surface area (Å²) in [4.78, 5) is 44.7. The van der Waals surface area contributed by atoms with Crippen LogP contribution in [0.4, 0.5) is 16.2 Å². The molecule has 6 N–H and O–H groups in total. The van der Waals surface area contributed by atoms with Crippen molar-refractivity contribution in [2.45, 2.75) is 10.5 Å². The van der Waals surface area contributed by atoms with Crippen LogP contribution in [0.15, 0.2) is 129 Å². The molecule has 0 saturated heterocycles. The molecule has 2 unspecified atom stereocenters. The summed E-state index contributed by atoms with van der Waals surface area (Å²) in [6, 6.07) is 20.0. The lowest BCUT2D eigenvalue weighted by atomic mass is 9.94. The predicted molar refractivity (Wildman–Crippen MR) is 208 cm³/mol. The molecule has 4 aromatic rings. The van der Waals surface area contributed by atoms with Crippen LogP contribution in [0.5, 0.6) is 0 Å². The summed E-state index contributed by atoms with van der Waals surface area (Å²) in [5, 5.41) is 1.24. The number of nitrogens with one attached hydrogen (secondary N) is 2. The van der Waals surface area contributed by atoms with E-state index in [1.165, 1.54) is 97.1 Å². The molecule has 0 bridgehead atoms. The first-order valence-corrected chi connectivity index (χ1v) is 22.0. The van der Waals surface area contributed by atoms with E-state index in [0.29, 0.717) is 12.2 Å². The van der Waals surface area contributed by atoms with Gasteiger partial charge < -0.3 is 10.6 Å². The van der Waals surface area contributed by atoms with Crippen LogP contribution in [0.25, 0.3) is 0 Å². The van der Waals surface area contributed by atoms with Crippen LogP contribution in [0.3, 0.4) is 0 Å². The Balaban J connectivity index is 1.16. The minimum atomic E-state index is -5.15. The lowest BCUT2D eigenvalue weighted by Crippen LogP contribution is -2.26. The second kappa shape index (κ2) is 15.4. The van der Waals surface area contributed by atoms with E-state index >= 15 is 0 Å². The van der Waals surface area contributed by atoms with Crippen molar-refractivity contribution in [3.05, 3.63) is 152 Å². The van der Waals surface area contributed by atoms with Crippen molar-refractivity contribution < 1.29 is 66.3 Å². The van der Waals surface area contributed by atoms with Gasteiger partial charge in [0.1, 0.15) is 20.3 Å². The summed E-state index contributed by atoms with van der Waals surface area (Å²) < 4.78 is 136. The Morgan fingerprint density at radius 1 is 0.483 bits per heavy atom. The molecule has 4 amide bonds. The molecule has 0 aromatic heterocycles. The summed E-state index contributed by atoms with van der Waals surface area (Å²) in [5.41, 5.74) is -1.53. The number of aliphatic imine (C=N–C) groups is 2. The molecule has 2 aliphatic carbocycles. The third-order valence-corrected chi connectivity index (χ3v) is 12.4. The Labute approximate surface area is 329 Å². The highest BCUT2D eigenvalue weighted by Gasteiger charge is 2.38. The molecular weight excluding hydrogens is 845 g/mol. The van der Waals surface area contributed by atoms with Crippen molar-refractivity contribution in [2.24, 2.45) is 9.98 Å². The van der Waals surface area contributed by atoms with Crippen molar-refractivity contribution in [3.8, 4) is 0 Å². The van der Waals surface area contributed by atoms with Crippen LogP contribution in [-0.4, -0.2) is 81.2 Å². The highest BCUT2D eigenvalue weighted by molar-refractivity contribution is 7.91. The number of rotatable bonds is 8. The molecular formula is C35H26N4O15S4. The van der Waals surface area contributed by atoms with Crippen LogP contribution in [0.2, 0.25) is 0 Å². The second-order valence-corrected chi connectivity index (χ2v) is 18.2. The predicted octanol–water partition coefficient (Wildman–Crippen LogP) is 4.02. The number of hydrogen-bond acceptors (Lipinski definition) is 11. The smallest absolute Gasteiger partial charge is 0.308 e. The molecule has 2 aliphatic rings. The number of urea groups is 1. The molecule has 2 atom stereocenters. The number of fused-ring (bicyclic) bond motifs is 2. The summed E-state index contributed by atoms with van der Waals surface area (Å²) in [6.45, 7) is 0. The van der Waals surface area contributed by atoms with E-state index < -0.39 is 90.1 Å². The van der Waals surface area contributed by atoms with E-state index in [9.17, 15) is 66.3 Å². The fraction of sp³-hybridized carbons (Fsp3) is 0.0571. The Morgan fingerprint density at radius 3 is 1.12 bits per heavy atom. The summed E-state index contributed by atoms with van der Waals surface area (Å²) in [5.74, 6) is -2.03. The first-order chi connectivity index (χ1) is 27.0. The van der Waals surface area contributed by atoms with E-state index in [2.05, 4.69) is 20.6 Å².